The molecule has 90 valence electrons. The Kier molecular flexibility index (Phi) is 3.53. The summed E-state index contributed by atoms with van der Waals surface area (Å²) in [5, 5.41) is 7.69. The molecule has 0 fully saturated rings. The van der Waals surface area contributed by atoms with E-state index in [4.69, 9.17) is 14.9 Å². The molecule has 0 atom stereocenters. The second kappa shape index (κ2) is 5.09. The number of nitrogen functional groups attached to an aromatic ring is 1. The third kappa shape index (κ3) is 2.91. The lowest BCUT2D eigenvalue weighted by atomic mass is 10.3. The summed E-state index contributed by atoms with van der Waals surface area (Å²) >= 11 is 1.54. The fourth-order valence-corrected chi connectivity index (χ4v) is 2.13. The molecule has 0 unspecified atom stereocenters. The van der Waals surface area contributed by atoms with E-state index in [0.29, 0.717) is 23.2 Å². The summed E-state index contributed by atoms with van der Waals surface area (Å²) in [6, 6.07) is 5.54. The molecular weight excluding hydrogens is 238 g/mol. The van der Waals surface area contributed by atoms with E-state index in [1.54, 1.807) is 25.8 Å². The lowest BCUT2D eigenvalue weighted by Gasteiger charge is -2.06. The summed E-state index contributed by atoms with van der Waals surface area (Å²) in [7, 11) is 1.63. The van der Waals surface area contributed by atoms with Gasteiger partial charge in [-0.25, -0.2) is 0 Å². The van der Waals surface area contributed by atoms with Crippen molar-refractivity contribution in [1.29, 1.82) is 0 Å². The van der Waals surface area contributed by atoms with Gasteiger partial charge < -0.3 is 14.9 Å². The van der Waals surface area contributed by atoms with Crippen molar-refractivity contribution in [3.8, 4) is 5.75 Å². The Morgan fingerprint density at radius 1 is 1.41 bits per heavy atom. The molecule has 0 bridgehead atoms. The monoisotopic (exact) mass is 251 g/mol. The maximum absolute atomic E-state index is 5.87. The van der Waals surface area contributed by atoms with E-state index in [0.717, 1.165) is 10.6 Å². The van der Waals surface area contributed by atoms with E-state index >= 15 is 0 Å². The first kappa shape index (κ1) is 11.8. The van der Waals surface area contributed by atoms with Crippen molar-refractivity contribution in [2.45, 2.75) is 17.6 Å². The number of ether oxygens (including phenoxy) is 1. The third-order valence-electron chi connectivity index (χ3n) is 2.14. The van der Waals surface area contributed by atoms with Crippen LogP contribution in [-0.2, 0) is 5.75 Å². The molecule has 2 rings (SSSR count). The highest BCUT2D eigenvalue weighted by atomic mass is 32.2. The molecule has 0 aliphatic carbocycles. The Labute approximate surface area is 103 Å². The first-order valence-corrected chi connectivity index (χ1v) is 6.03. The van der Waals surface area contributed by atoms with Gasteiger partial charge in [0, 0.05) is 17.5 Å². The second-order valence-electron chi connectivity index (χ2n) is 3.41. The standard InChI is InChI=1S/C11H13N3O2S/c1-7-13-14-11(16-7)6-17-10-5-8(15-2)3-4-9(10)12/h3-5H,6,12H2,1-2H3. The van der Waals surface area contributed by atoms with Crippen LogP contribution in [0.25, 0.3) is 0 Å². The first-order valence-electron chi connectivity index (χ1n) is 5.04. The van der Waals surface area contributed by atoms with Gasteiger partial charge in [-0.15, -0.1) is 22.0 Å². The van der Waals surface area contributed by atoms with Crippen LogP contribution in [0.1, 0.15) is 11.8 Å². The summed E-state index contributed by atoms with van der Waals surface area (Å²) in [6.45, 7) is 1.76. The highest BCUT2D eigenvalue weighted by molar-refractivity contribution is 7.98. The zero-order chi connectivity index (χ0) is 12.3. The number of aryl methyl sites for hydroxylation is 1. The van der Waals surface area contributed by atoms with Crippen molar-refractivity contribution in [2.75, 3.05) is 12.8 Å². The number of rotatable bonds is 4. The van der Waals surface area contributed by atoms with Crippen molar-refractivity contribution in [3.05, 3.63) is 30.0 Å². The Balaban J connectivity index is 2.07. The van der Waals surface area contributed by atoms with E-state index < -0.39 is 0 Å². The predicted molar refractivity (Wildman–Crippen MR) is 66.0 cm³/mol. The quantitative estimate of drug-likeness (QED) is 0.663. The van der Waals surface area contributed by atoms with Gasteiger partial charge in [0.25, 0.3) is 0 Å². The Bertz CT molecular complexity index is 513. The molecule has 0 aliphatic rings. The van der Waals surface area contributed by atoms with Crippen LogP contribution < -0.4 is 10.5 Å². The number of hydrogen-bond donors (Lipinski definition) is 1. The van der Waals surface area contributed by atoms with E-state index in [1.165, 1.54) is 0 Å². The molecule has 0 amide bonds. The number of hydrogen-bond acceptors (Lipinski definition) is 6. The van der Waals surface area contributed by atoms with Gasteiger partial charge in [-0.1, -0.05) is 0 Å². The van der Waals surface area contributed by atoms with E-state index in [2.05, 4.69) is 10.2 Å². The fourth-order valence-electron chi connectivity index (χ4n) is 1.30. The summed E-state index contributed by atoms with van der Waals surface area (Å²) in [5.41, 5.74) is 6.59. The minimum Gasteiger partial charge on any atom is -0.497 e. The van der Waals surface area contributed by atoms with Crippen molar-refractivity contribution < 1.29 is 9.15 Å². The van der Waals surface area contributed by atoms with Crippen LogP contribution in [0.4, 0.5) is 5.69 Å². The van der Waals surface area contributed by atoms with Gasteiger partial charge >= 0.3 is 0 Å². The number of nitrogens with zero attached hydrogens (tertiary/aromatic N) is 2. The number of methoxy groups -OCH3 is 1. The maximum Gasteiger partial charge on any atom is 0.226 e. The average molecular weight is 251 g/mol. The zero-order valence-electron chi connectivity index (χ0n) is 9.64. The van der Waals surface area contributed by atoms with Crippen molar-refractivity contribution in [2.24, 2.45) is 0 Å². The number of anilines is 1. The maximum atomic E-state index is 5.87. The molecular formula is C11H13N3O2S. The smallest absolute Gasteiger partial charge is 0.226 e. The minimum atomic E-state index is 0.569. The Morgan fingerprint density at radius 3 is 2.88 bits per heavy atom. The normalized spacial score (nSPS) is 10.5. The largest absolute Gasteiger partial charge is 0.497 e. The van der Waals surface area contributed by atoms with Crippen LogP contribution in [0.15, 0.2) is 27.5 Å². The topological polar surface area (TPSA) is 74.2 Å². The van der Waals surface area contributed by atoms with E-state index in [1.807, 2.05) is 18.2 Å². The second-order valence-corrected chi connectivity index (χ2v) is 4.42. The van der Waals surface area contributed by atoms with Gasteiger partial charge in [0.2, 0.25) is 11.8 Å². The minimum absolute atomic E-state index is 0.569. The molecule has 5 nitrogen and oxygen atoms in total. The Hall–Kier alpha value is -1.69. The molecule has 17 heavy (non-hydrogen) atoms. The number of aromatic nitrogens is 2. The lowest BCUT2D eigenvalue weighted by Crippen LogP contribution is -1.91. The SMILES string of the molecule is COc1ccc(N)c(SCc2nnc(C)o2)c1. The average Bonchev–Trinajstić information content (AvgIpc) is 2.74. The molecule has 0 saturated heterocycles. The first-order chi connectivity index (χ1) is 8.19. The predicted octanol–water partition coefficient (Wildman–Crippen LogP) is 2.26. The molecule has 2 aromatic rings. The summed E-state index contributed by atoms with van der Waals surface area (Å²) in [6.07, 6.45) is 0. The molecule has 0 aliphatic heterocycles. The van der Waals surface area contributed by atoms with Crippen LogP contribution in [0, 0.1) is 6.92 Å². The van der Waals surface area contributed by atoms with Crippen LogP contribution in [0.3, 0.4) is 0 Å². The molecule has 1 aromatic carbocycles. The fraction of sp³-hybridized carbons (Fsp3) is 0.273. The van der Waals surface area contributed by atoms with Crippen molar-refractivity contribution >= 4 is 17.4 Å². The van der Waals surface area contributed by atoms with Crippen LogP contribution in [0.5, 0.6) is 5.75 Å². The molecule has 0 saturated carbocycles. The van der Waals surface area contributed by atoms with E-state index in [-0.39, 0.29) is 0 Å². The van der Waals surface area contributed by atoms with Crippen molar-refractivity contribution in [1.82, 2.24) is 10.2 Å². The Morgan fingerprint density at radius 2 is 2.24 bits per heavy atom. The lowest BCUT2D eigenvalue weighted by molar-refractivity contribution is 0.414. The molecule has 1 heterocycles. The molecule has 0 radical (unpaired) electrons. The van der Waals surface area contributed by atoms with Gasteiger partial charge in [0.15, 0.2) is 0 Å². The van der Waals surface area contributed by atoms with Gasteiger partial charge in [0.1, 0.15) is 5.75 Å². The molecule has 2 N–H and O–H groups in total. The summed E-state index contributed by atoms with van der Waals surface area (Å²) < 4.78 is 10.4. The van der Waals surface area contributed by atoms with Gasteiger partial charge in [-0.2, -0.15) is 0 Å². The van der Waals surface area contributed by atoms with Crippen molar-refractivity contribution in [3.63, 3.8) is 0 Å². The van der Waals surface area contributed by atoms with Gasteiger partial charge in [0.05, 0.1) is 12.9 Å². The van der Waals surface area contributed by atoms with Crippen LogP contribution in [0.2, 0.25) is 0 Å². The molecule has 0 spiro atoms. The number of thioether (sulfide) groups is 1. The van der Waals surface area contributed by atoms with Crippen LogP contribution in [-0.4, -0.2) is 17.3 Å². The van der Waals surface area contributed by atoms with Crippen LogP contribution >= 0.6 is 11.8 Å². The highest BCUT2D eigenvalue weighted by Gasteiger charge is 2.06. The molecule has 1 aromatic heterocycles. The zero-order valence-corrected chi connectivity index (χ0v) is 10.5. The van der Waals surface area contributed by atoms with Gasteiger partial charge in [-0.3, -0.25) is 0 Å². The number of nitrogens with two attached hydrogens (primary N) is 1. The third-order valence-corrected chi connectivity index (χ3v) is 3.20. The molecule has 6 heteroatoms. The van der Waals surface area contributed by atoms with E-state index in [9.17, 15) is 0 Å². The number of benzene rings is 1. The summed E-state index contributed by atoms with van der Waals surface area (Å²) in [5.74, 6) is 2.54. The highest BCUT2D eigenvalue weighted by Crippen LogP contribution is 2.31. The summed E-state index contributed by atoms with van der Waals surface area (Å²) in [4.78, 5) is 0.945. The van der Waals surface area contributed by atoms with Gasteiger partial charge in [-0.05, 0) is 18.2 Å².